The summed E-state index contributed by atoms with van der Waals surface area (Å²) < 4.78 is 0. The van der Waals surface area contributed by atoms with Gasteiger partial charge in [0.2, 0.25) is 5.91 Å². The second kappa shape index (κ2) is 7.79. The van der Waals surface area contributed by atoms with Crippen LogP contribution in [0.4, 0.5) is 0 Å². The van der Waals surface area contributed by atoms with Crippen LogP contribution in [-0.4, -0.2) is 29.1 Å². The van der Waals surface area contributed by atoms with Crippen LogP contribution in [0.5, 0.6) is 0 Å². The minimum atomic E-state index is -1.09. The van der Waals surface area contributed by atoms with E-state index in [0.717, 1.165) is 0 Å². The molecule has 6 nitrogen and oxygen atoms in total. The fraction of sp³-hybridized carbons (Fsp3) is 0.833. The van der Waals surface area contributed by atoms with Crippen LogP contribution in [0, 0.1) is 16.7 Å². The normalized spacial score (nSPS) is 14.3. The molecule has 0 radical (unpaired) electrons. The molecule has 0 aromatic rings. The molecule has 2 atom stereocenters. The molecular formula is C12H22N2O4. The Morgan fingerprint density at radius 2 is 1.61 bits per heavy atom. The fourth-order valence-corrected chi connectivity index (χ4v) is 1.61. The largest absolute Gasteiger partial charge is 0.480 e. The number of amides is 1. The monoisotopic (exact) mass is 258 g/mol. The van der Waals surface area contributed by atoms with E-state index < -0.39 is 24.0 Å². The molecule has 0 aliphatic rings. The minimum absolute atomic E-state index is 0.138. The van der Waals surface area contributed by atoms with Crippen molar-refractivity contribution in [2.75, 3.05) is 0 Å². The first-order valence-corrected chi connectivity index (χ1v) is 6.13. The summed E-state index contributed by atoms with van der Waals surface area (Å²) in [5.41, 5.74) is 0. The highest BCUT2D eigenvalue weighted by atomic mass is 16.4. The van der Waals surface area contributed by atoms with Gasteiger partial charge < -0.3 is 10.4 Å². The van der Waals surface area contributed by atoms with Crippen LogP contribution in [0.2, 0.25) is 0 Å². The van der Waals surface area contributed by atoms with E-state index in [1.54, 1.807) is 0 Å². The number of aliphatic carboxylic acids is 1. The average Bonchev–Trinajstić information content (AvgIpc) is 2.23. The molecule has 0 spiro atoms. The molecule has 0 fully saturated rings. The summed E-state index contributed by atoms with van der Waals surface area (Å²) in [6.45, 7) is 7.47. The van der Waals surface area contributed by atoms with Crippen molar-refractivity contribution in [2.45, 2.75) is 52.6 Å². The average molecular weight is 258 g/mol. The van der Waals surface area contributed by atoms with Crippen molar-refractivity contribution in [3.63, 3.8) is 0 Å². The van der Waals surface area contributed by atoms with E-state index in [9.17, 15) is 14.5 Å². The molecular weight excluding hydrogens is 236 g/mol. The van der Waals surface area contributed by atoms with E-state index in [2.05, 4.69) is 10.5 Å². The lowest BCUT2D eigenvalue weighted by Crippen LogP contribution is -2.45. The highest BCUT2D eigenvalue weighted by Gasteiger charge is 2.26. The van der Waals surface area contributed by atoms with Gasteiger partial charge >= 0.3 is 5.97 Å². The van der Waals surface area contributed by atoms with Gasteiger partial charge in [-0.1, -0.05) is 32.9 Å². The summed E-state index contributed by atoms with van der Waals surface area (Å²) in [4.78, 5) is 33.3. The zero-order valence-electron chi connectivity index (χ0n) is 11.3. The molecule has 0 aromatic carbocycles. The number of nitroso groups, excluding NO2 is 1. The number of nitrogens with one attached hydrogen (secondary N) is 1. The lowest BCUT2D eigenvalue weighted by molar-refractivity contribution is -0.142. The lowest BCUT2D eigenvalue weighted by Gasteiger charge is -2.18. The van der Waals surface area contributed by atoms with Crippen molar-refractivity contribution in [3.05, 3.63) is 4.91 Å². The first-order valence-electron chi connectivity index (χ1n) is 6.13. The summed E-state index contributed by atoms with van der Waals surface area (Å²) in [5, 5.41) is 14.1. The molecule has 0 aromatic heterocycles. The van der Waals surface area contributed by atoms with Crippen molar-refractivity contribution < 1.29 is 14.7 Å². The standard InChI is InChI=1S/C12H22N2O4/c1-7(2)5-9(14-18)11(15)13-10(12(16)17)6-8(3)4/h7-10H,5-6H2,1-4H3,(H,13,15)(H,16,17)/t9-,10-/m0/s1. The van der Waals surface area contributed by atoms with Gasteiger partial charge in [-0.2, -0.15) is 0 Å². The fourth-order valence-electron chi connectivity index (χ4n) is 1.61. The molecule has 6 heteroatoms. The van der Waals surface area contributed by atoms with Crippen LogP contribution >= 0.6 is 0 Å². The molecule has 0 aliphatic carbocycles. The molecule has 2 N–H and O–H groups in total. The summed E-state index contributed by atoms with van der Waals surface area (Å²) in [6, 6.07) is -1.98. The number of hydrogen-bond acceptors (Lipinski definition) is 4. The molecule has 104 valence electrons. The summed E-state index contributed by atoms with van der Waals surface area (Å²) in [6.07, 6.45) is 0.650. The summed E-state index contributed by atoms with van der Waals surface area (Å²) in [5.74, 6) is -1.41. The predicted octanol–water partition coefficient (Wildman–Crippen LogP) is 1.78. The molecule has 0 aliphatic heterocycles. The molecule has 0 bridgehead atoms. The predicted molar refractivity (Wildman–Crippen MR) is 68.1 cm³/mol. The van der Waals surface area contributed by atoms with Gasteiger partial charge in [0.25, 0.3) is 0 Å². The Morgan fingerprint density at radius 3 is 1.94 bits per heavy atom. The smallest absolute Gasteiger partial charge is 0.326 e. The third-order valence-electron chi connectivity index (χ3n) is 2.45. The van der Waals surface area contributed by atoms with Gasteiger partial charge in [-0.05, 0) is 24.7 Å². The van der Waals surface area contributed by atoms with E-state index in [1.807, 2.05) is 27.7 Å². The van der Waals surface area contributed by atoms with Gasteiger partial charge in [0, 0.05) is 0 Å². The maximum absolute atomic E-state index is 11.7. The van der Waals surface area contributed by atoms with E-state index in [-0.39, 0.29) is 11.8 Å². The number of nitrogens with zero attached hydrogens (tertiary/aromatic N) is 1. The number of carboxylic acids is 1. The van der Waals surface area contributed by atoms with Gasteiger partial charge in [0.15, 0.2) is 6.04 Å². The van der Waals surface area contributed by atoms with Crippen molar-refractivity contribution in [3.8, 4) is 0 Å². The van der Waals surface area contributed by atoms with Gasteiger partial charge in [0.1, 0.15) is 6.04 Å². The second-order valence-electron chi connectivity index (χ2n) is 5.28. The third-order valence-corrected chi connectivity index (χ3v) is 2.45. The first kappa shape index (κ1) is 16.5. The molecule has 0 heterocycles. The van der Waals surface area contributed by atoms with Crippen LogP contribution in [-0.2, 0) is 9.59 Å². The van der Waals surface area contributed by atoms with E-state index in [4.69, 9.17) is 5.11 Å². The van der Waals surface area contributed by atoms with Crippen LogP contribution in [0.3, 0.4) is 0 Å². The first-order chi connectivity index (χ1) is 8.27. The quantitative estimate of drug-likeness (QED) is 0.649. The number of carbonyl (C=O) groups is 2. The van der Waals surface area contributed by atoms with Crippen LogP contribution in [0.15, 0.2) is 5.18 Å². The number of hydrogen-bond donors (Lipinski definition) is 2. The zero-order chi connectivity index (χ0) is 14.3. The topological polar surface area (TPSA) is 95.8 Å². The Kier molecular flexibility index (Phi) is 7.16. The minimum Gasteiger partial charge on any atom is -0.480 e. The lowest BCUT2D eigenvalue weighted by atomic mass is 10.0. The summed E-state index contributed by atoms with van der Waals surface area (Å²) >= 11 is 0. The molecule has 0 saturated carbocycles. The van der Waals surface area contributed by atoms with E-state index in [1.165, 1.54) is 0 Å². The van der Waals surface area contributed by atoms with Crippen molar-refractivity contribution >= 4 is 11.9 Å². The maximum Gasteiger partial charge on any atom is 0.326 e. The van der Waals surface area contributed by atoms with Gasteiger partial charge in [-0.25, -0.2) is 4.79 Å². The Morgan fingerprint density at radius 1 is 1.11 bits per heavy atom. The highest BCUT2D eigenvalue weighted by Crippen LogP contribution is 2.10. The zero-order valence-corrected chi connectivity index (χ0v) is 11.3. The molecule has 0 unspecified atom stereocenters. The van der Waals surface area contributed by atoms with Crippen molar-refractivity contribution in [1.82, 2.24) is 5.32 Å². The number of carboxylic acid groups (broad SMARTS) is 1. The van der Waals surface area contributed by atoms with Crippen LogP contribution in [0.1, 0.15) is 40.5 Å². The Labute approximate surface area is 107 Å². The van der Waals surface area contributed by atoms with Crippen LogP contribution < -0.4 is 5.32 Å². The highest BCUT2D eigenvalue weighted by molar-refractivity contribution is 5.87. The molecule has 18 heavy (non-hydrogen) atoms. The number of rotatable bonds is 8. The van der Waals surface area contributed by atoms with Gasteiger partial charge in [-0.15, -0.1) is 4.91 Å². The third kappa shape index (κ3) is 6.32. The van der Waals surface area contributed by atoms with E-state index in [0.29, 0.717) is 12.8 Å². The molecule has 0 saturated heterocycles. The maximum atomic E-state index is 11.7. The van der Waals surface area contributed by atoms with E-state index >= 15 is 0 Å². The summed E-state index contributed by atoms with van der Waals surface area (Å²) in [7, 11) is 0. The molecule has 1 amide bonds. The van der Waals surface area contributed by atoms with Gasteiger partial charge in [-0.3, -0.25) is 4.79 Å². The SMILES string of the molecule is CC(C)C[C@H](N=O)C(=O)N[C@@H](CC(C)C)C(=O)O. The number of carbonyl (C=O) groups excluding carboxylic acids is 1. The Hall–Kier alpha value is -1.46. The van der Waals surface area contributed by atoms with Crippen molar-refractivity contribution in [1.29, 1.82) is 0 Å². The Bertz CT molecular complexity index is 302. The van der Waals surface area contributed by atoms with Gasteiger partial charge in [0.05, 0.1) is 0 Å². The van der Waals surface area contributed by atoms with Crippen LogP contribution in [0.25, 0.3) is 0 Å². The van der Waals surface area contributed by atoms with Crippen molar-refractivity contribution in [2.24, 2.45) is 17.0 Å². The molecule has 0 rings (SSSR count). The Balaban J connectivity index is 4.56. The second-order valence-corrected chi connectivity index (χ2v) is 5.28.